The molecule has 0 unspecified atom stereocenters. The van der Waals surface area contributed by atoms with Gasteiger partial charge in [0.25, 0.3) is 0 Å². The predicted molar refractivity (Wildman–Crippen MR) is 336 cm³/mol. The van der Waals surface area contributed by atoms with Crippen LogP contribution in [0, 0.1) is 11.8 Å². The number of aliphatic imine (C=N–C) groups is 2. The van der Waals surface area contributed by atoms with Crippen LogP contribution in [0.1, 0.15) is 334 Å². The lowest BCUT2D eigenvalue weighted by molar-refractivity contribution is 0.520. The van der Waals surface area contributed by atoms with E-state index < -0.39 is 0 Å². The number of nitrogens with zero attached hydrogens (tertiary/aromatic N) is 2. The Balaban J connectivity index is 1.54. The van der Waals surface area contributed by atoms with Crippen molar-refractivity contribution >= 4 is 23.3 Å². The number of allylic oxidation sites excluding steroid dienone is 4. The summed E-state index contributed by atoms with van der Waals surface area (Å²) >= 11 is 0. The van der Waals surface area contributed by atoms with E-state index >= 15 is 0 Å². The number of unbranched alkanes of at least 4 members (excludes halogenated alkanes) is 42. The van der Waals surface area contributed by atoms with E-state index in [1.165, 1.54) is 294 Å². The van der Waals surface area contributed by atoms with Crippen molar-refractivity contribution < 1.29 is 0 Å². The third kappa shape index (κ3) is 43.0. The molecule has 74 heavy (non-hydrogen) atoms. The van der Waals surface area contributed by atoms with Crippen molar-refractivity contribution in [2.75, 3.05) is 0 Å². The van der Waals surface area contributed by atoms with E-state index in [4.69, 9.17) is 9.98 Å². The van der Waals surface area contributed by atoms with Crippen LogP contribution in [0.5, 0.6) is 0 Å². The van der Waals surface area contributed by atoms with Gasteiger partial charge in [-0.05, 0) is 80.5 Å². The van der Waals surface area contributed by atoms with Crippen LogP contribution in [0.25, 0.3) is 0 Å². The van der Waals surface area contributed by atoms with Gasteiger partial charge in [-0.15, -0.1) is 0 Å². The fourth-order valence-corrected chi connectivity index (χ4v) is 10.5. The van der Waals surface area contributed by atoms with Gasteiger partial charge in [-0.3, -0.25) is 4.99 Å². The SMILES string of the molecule is CCC#CC(C=Nc1ccccc1CC/C=C/CCCCCCCCCCCCCCCCCCCCCCC)=Nc1ccccc1CC/C=C/CCCCCCCCCCCCCCCCCCCCCCC. The van der Waals surface area contributed by atoms with E-state index in [1.807, 2.05) is 6.21 Å². The van der Waals surface area contributed by atoms with Gasteiger partial charge in [0.2, 0.25) is 0 Å². The minimum absolute atomic E-state index is 0.726. The third-order valence-corrected chi connectivity index (χ3v) is 15.4. The first-order valence-corrected chi connectivity index (χ1v) is 32.9. The number of rotatable bonds is 53. The summed E-state index contributed by atoms with van der Waals surface area (Å²) in [5, 5.41) is 0. The van der Waals surface area contributed by atoms with Crippen molar-refractivity contribution in [2.45, 2.75) is 335 Å². The van der Waals surface area contributed by atoms with Crippen LogP contribution in [0.2, 0.25) is 0 Å². The van der Waals surface area contributed by atoms with Crippen LogP contribution in [-0.2, 0) is 12.8 Å². The normalized spacial score (nSPS) is 12.0. The Kier molecular flexibility index (Phi) is 49.4. The largest absolute Gasteiger partial charge is 0.254 e. The fraction of sp³-hybridized carbons (Fsp3) is 0.722. The Bertz CT molecular complexity index is 1680. The molecule has 0 bridgehead atoms. The van der Waals surface area contributed by atoms with Gasteiger partial charge >= 0.3 is 0 Å². The molecule has 0 N–H and O–H groups in total. The Morgan fingerprint density at radius 1 is 0.338 bits per heavy atom. The molecule has 418 valence electrons. The second-order valence-corrected chi connectivity index (χ2v) is 22.4. The van der Waals surface area contributed by atoms with Crippen LogP contribution < -0.4 is 0 Å². The summed E-state index contributed by atoms with van der Waals surface area (Å²) in [6, 6.07) is 17.2. The van der Waals surface area contributed by atoms with Crippen molar-refractivity contribution in [1.29, 1.82) is 0 Å². The van der Waals surface area contributed by atoms with E-state index in [1.54, 1.807) is 0 Å². The van der Waals surface area contributed by atoms with Crippen molar-refractivity contribution in [3.63, 3.8) is 0 Å². The standard InChI is InChI=1S/C72H120N2/c1-4-7-10-12-14-16-18-20-22-24-26-28-30-32-34-36-38-40-42-44-46-48-50-52-54-60-68-62-56-58-65-71(68)73-67-70(64-9-6-3)74-72-66-59-57-63-69(72)61-55-53-51-49-47-45-43-41-39-37-35-33-31-29-27-25-23-21-19-17-15-13-11-8-5-2/h50-53,56-59,62-63,65-67H,4-8,10-49,54-55,60-61H2,1-3H3/b52-50+,53-51+,73-67?,74-70?. The molecule has 2 nitrogen and oxygen atoms in total. The van der Waals surface area contributed by atoms with E-state index in [0.717, 1.165) is 49.2 Å². The lowest BCUT2D eigenvalue weighted by Crippen LogP contribution is -1.97. The second kappa shape index (κ2) is 54.6. The highest BCUT2D eigenvalue weighted by molar-refractivity contribution is 6.39. The molecule has 2 aromatic rings. The smallest absolute Gasteiger partial charge is 0.132 e. The highest BCUT2D eigenvalue weighted by Gasteiger charge is 2.04. The van der Waals surface area contributed by atoms with E-state index in [2.05, 4.69) is 105 Å². The zero-order valence-electron chi connectivity index (χ0n) is 49.5. The van der Waals surface area contributed by atoms with Crippen molar-refractivity contribution in [3.8, 4) is 11.8 Å². The molecule has 0 radical (unpaired) electrons. The number of aryl methyl sites for hydroxylation is 2. The molecule has 0 atom stereocenters. The summed E-state index contributed by atoms with van der Waals surface area (Å²) in [6.07, 6.45) is 79.1. The zero-order chi connectivity index (χ0) is 52.6. The summed E-state index contributed by atoms with van der Waals surface area (Å²) in [7, 11) is 0. The lowest BCUT2D eigenvalue weighted by atomic mass is 10.0. The highest BCUT2D eigenvalue weighted by Crippen LogP contribution is 2.24. The molecule has 2 rings (SSSR count). The molecule has 0 aliphatic carbocycles. The fourth-order valence-electron chi connectivity index (χ4n) is 10.5. The maximum absolute atomic E-state index is 5.08. The van der Waals surface area contributed by atoms with Gasteiger partial charge in [-0.1, -0.05) is 344 Å². The summed E-state index contributed by atoms with van der Waals surface area (Å²) < 4.78 is 0. The summed E-state index contributed by atoms with van der Waals surface area (Å²) in [5.41, 5.74) is 5.30. The molecular weight excluding hydrogens is 893 g/mol. The quantitative estimate of drug-likeness (QED) is 0.0273. The topological polar surface area (TPSA) is 24.7 Å². The molecule has 0 fully saturated rings. The monoisotopic (exact) mass is 1010 g/mol. The van der Waals surface area contributed by atoms with Crippen LogP contribution >= 0.6 is 0 Å². The number of para-hydroxylation sites is 2. The Labute approximate surface area is 462 Å². The van der Waals surface area contributed by atoms with Crippen LogP contribution in [0.15, 0.2) is 82.8 Å². The summed E-state index contributed by atoms with van der Waals surface area (Å²) in [5.74, 6) is 6.57. The molecular formula is C72H120N2. The van der Waals surface area contributed by atoms with E-state index in [0.29, 0.717) is 0 Å². The van der Waals surface area contributed by atoms with Gasteiger partial charge in [0.1, 0.15) is 5.71 Å². The molecule has 0 saturated carbocycles. The number of benzene rings is 2. The molecule has 2 aromatic carbocycles. The third-order valence-electron chi connectivity index (χ3n) is 15.4. The molecule has 0 aromatic heterocycles. The molecule has 0 aliphatic rings. The van der Waals surface area contributed by atoms with E-state index in [9.17, 15) is 0 Å². The first-order chi connectivity index (χ1) is 36.8. The minimum atomic E-state index is 0.726. The molecule has 0 aliphatic heterocycles. The molecule has 2 heteroatoms. The minimum Gasteiger partial charge on any atom is -0.254 e. The molecule has 0 heterocycles. The maximum atomic E-state index is 5.08. The van der Waals surface area contributed by atoms with E-state index in [-0.39, 0.29) is 0 Å². The molecule has 0 amide bonds. The average Bonchev–Trinajstić information content (AvgIpc) is 3.42. The summed E-state index contributed by atoms with van der Waals surface area (Å²) in [6.45, 7) is 6.71. The predicted octanol–water partition coefficient (Wildman–Crippen LogP) is 24.8. The Morgan fingerprint density at radius 3 is 0.959 bits per heavy atom. The molecule has 0 saturated heterocycles. The Morgan fingerprint density at radius 2 is 0.622 bits per heavy atom. The van der Waals surface area contributed by atoms with Crippen molar-refractivity contribution in [3.05, 3.63) is 84.0 Å². The van der Waals surface area contributed by atoms with Gasteiger partial charge < -0.3 is 0 Å². The first-order valence-electron chi connectivity index (χ1n) is 32.9. The number of hydrogen-bond donors (Lipinski definition) is 0. The zero-order valence-corrected chi connectivity index (χ0v) is 49.5. The van der Waals surface area contributed by atoms with Crippen LogP contribution in [0.3, 0.4) is 0 Å². The highest BCUT2D eigenvalue weighted by atomic mass is 14.8. The first kappa shape index (κ1) is 66.9. The van der Waals surface area contributed by atoms with Crippen molar-refractivity contribution in [1.82, 2.24) is 0 Å². The summed E-state index contributed by atoms with van der Waals surface area (Å²) in [4.78, 5) is 10.0. The van der Waals surface area contributed by atoms with Gasteiger partial charge in [0.05, 0.1) is 17.6 Å². The van der Waals surface area contributed by atoms with Gasteiger partial charge in [-0.2, -0.15) is 0 Å². The van der Waals surface area contributed by atoms with Crippen molar-refractivity contribution in [2.24, 2.45) is 9.98 Å². The second-order valence-electron chi connectivity index (χ2n) is 22.4. The molecule has 0 spiro atoms. The van der Waals surface area contributed by atoms with Gasteiger partial charge in [-0.25, -0.2) is 4.99 Å². The number of hydrogen-bond acceptors (Lipinski definition) is 2. The van der Waals surface area contributed by atoms with Gasteiger partial charge in [0, 0.05) is 6.42 Å². The van der Waals surface area contributed by atoms with Gasteiger partial charge in [0.15, 0.2) is 0 Å². The average molecular weight is 1010 g/mol. The Hall–Kier alpha value is -3.18. The van der Waals surface area contributed by atoms with Crippen LogP contribution in [0.4, 0.5) is 11.4 Å². The lowest BCUT2D eigenvalue weighted by Gasteiger charge is -2.05. The van der Waals surface area contributed by atoms with Crippen LogP contribution in [-0.4, -0.2) is 11.9 Å². The maximum Gasteiger partial charge on any atom is 0.132 e.